The van der Waals surface area contributed by atoms with Gasteiger partial charge in [0.05, 0.1) is 6.61 Å². The highest BCUT2D eigenvalue weighted by Crippen LogP contribution is 2.16. The molecule has 3 nitrogen and oxygen atoms in total. The molecule has 1 aliphatic heterocycles. The Labute approximate surface area is 67.3 Å². The molecule has 1 aliphatic rings. The van der Waals surface area contributed by atoms with E-state index < -0.39 is 0 Å². The third-order valence-corrected chi connectivity index (χ3v) is 2.19. The number of nitrogens with zero attached hydrogens (tertiary/aromatic N) is 1. The van der Waals surface area contributed by atoms with Crippen molar-refractivity contribution < 1.29 is 4.74 Å². The molecular formula is C8H14N2O. The van der Waals surface area contributed by atoms with Crippen molar-refractivity contribution in [3.63, 3.8) is 0 Å². The fourth-order valence-corrected chi connectivity index (χ4v) is 1.38. The van der Waals surface area contributed by atoms with E-state index in [9.17, 15) is 0 Å². The van der Waals surface area contributed by atoms with Gasteiger partial charge >= 0.3 is 0 Å². The molecule has 11 heavy (non-hydrogen) atoms. The van der Waals surface area contributed by atoms with E-state index in [1.54, 1.807) is 0 Å². The van der Waals surface area contributed by atoms with E-state index in [1.807, 2.05) is 13.1 Å². The molecule has 0 radical (unpaired) electrons. The molecule has 0 aromatic rings. The van der Waals surface area contributed by atoms with Crippen molar-refractivity contribution in [3.8, 4) is 6.19 Å². The van der Waals surface area contributed by atoms with Crippen LogP contribution in [0, 0.1) is 17.4 Å². The van der Waals surface area contributed by atoms with E-state index in [-0.39, 0.29) is 6.04 Å². The molecule has 0 bridgehead atoms. The van der Waals surface area contributed by atoms with Crippen molar-refractivity contribution in [1.29, 1.82) is 5.26 Å². The Balaban J connectivity index is 2.27. The third kappa shape index (κ3) is 2.39. The first kappa shape index (κ1) is 8.35. The van der Waals surface area contributed by atoms with Gasteiger partial charge in [-0.25, -0.2) is 0 Å². The van der Waals surface area contributed by atoms with Gasteiger partial charge in [-0.3, -0.25) is 0 Å². The van der Waals surface area contributed by atoms with Gasteiger partial charge in [-0.15, -0.1) is 0 Å². The van der Waals surface area contributed by atoms with Crippen LogP contribution in [-0.2, 0) is 4.74 Å². The van der Waals surface area contributed by atoms with Crippen LogP contribution in [-0.4, -0.2) is 19.3 Å². The van der Waals surface area contributed by atoms with Crippen LogP contribution in [0.5, 0.6) is 0 Å². The minimum absolute atomic E-state index is 0.264. The minimum atomic E-state index is 0.264. The Hall–Kier alpha value is -0.750. The van der Waals surface area contributed by atoms with Crippen LogP contribution in [0.25, 0.3) is 0 Å². The SMILES string of the molecule is CC(NC#N)C1CCCOC1. The van der Waals surface area contributed by atoms with Crippen molar-refractivity contribution in [2.24, 2.45) is 5.92 Å². The molecule has 1 heterocycles. The van der Waals surface area contributed by atoms with Gasteiger partial charge in [0, 0.05) is 18.6 Å². The number of hydrogen-bond acceptors (Lipinski definition) is 3. The summed E-state index contributed by atoms with van der Waals surface area (Å²) in [6, 6.07) is 0.264. The zero-order valence-electron chi connectivity index (χ0n) is 6.84. The maximum atomic E-state index is 8.37. The molecule has 1 N–H and O–H groups in total. The number of nitriles is 1. The van der Waals surface area contributed by atoms with Crippen molar-refractivity contribution in [1.82, 2.24) is 5.32 Å². The predicted octanol–water partition coefficient (Wildman–Crippen LogP) is 0.872. The average Bonchev–Trinajstić information content (AvgIpc) is 2.07. The molecule has 1 fully saturated rings. The summed E-state index contributed by atoms with van der Waals surface area (Å²) in [7, 11) is 0. The van der Waals surface area contributed by atoms with Crippen molar-refractivity contribution in [2.45, 2.75) is 25.8 Å². The third-order valence-electron chi connectivity index (χ3n) is 2.19. The molecule has 1 rings (SSSR count). The first-order valence-corrected chi connectivity index (χ1v) is 4.07. The molecule has 3 heteroatoms. The molecular weight excluding hydrogens is 140 g/mol. The monoisotopic (exact) mass is 154 g/mol. The quantitative estimate of drug-likeness (QED) is 0.474. The molecule has 2 unspecified atom stereocenters. The number of ether oxygens (including phenoxy) is 1. The molecule has 2 atom stereocenters. The van der Waals surface area contributed by atoms with Crippen LogP contribution in [0.4, 0.5) is 0 Å². The highest BCUT2D eigenvalue weighted by atomic mass is 16.5. The molecule has 0 aromatic heterocycles. The summed E-state index contributed by atoms with van der Waals surface area (Å²) in [5.74, 6) is 0.517. The molecule has 0 aliphatic carbocycles. The van der Waals surface area contributed by atoms with E-state index >= 15 is 0 Å². The lowest BCUT2D eigenvalue weighted by molar-refractivity contribution is 0.0442. The molecule has 0 saturated carbocycles. The van der Waals surface area contributed by atoms with Gasteiger partial charge in [-0.2, -0.15) is 5.26 Å². The lowest BCUT2D eigenvalue weighted by Gasteiger charge is -2.26. The summed E-state index contributed by atoms with van der Waals surface area (Å²) in [5.41, 5.74) is 0. The molecule has 1 saturated heterocycles. The second-order valence-electron chi connectivity index (χ2n) is 3.02. The Bertz CT molecular complexity index is 147. The normalized spacial score (nSPS) is 27.1. The van der Waals surface area contributed by atoms with Crippen LogP contribution < -0.4 is 5.32 Å². The highest BCUT2D eigenvalue weighted by Gasteiger charge is 2.19. The fourth-order valence-electron chi connectivity index (χ4n) is 1.38. The van der Waals surface area contributed by atoms with Gasteiger partial charge in [0.2, 0.25) is 0 Å². The topological polar surface area (TPSA) is 45.0 Å². The lowest BCUT2D eigenvalue weighted by atomic mass is 9.95. The Kier molecular flexibility index (Phi) is 3.18. The van der Waals surface area contributed by atoms with Gasteiger partial charge in [0.25, 0.3) is 0 Å². The van der Waals surface area contributed by atoms with Crippen molar-refractivity contribution in [3.05, 3.63) is 0 Å². The van der Waals surface area contributed by atoms with Gasteiger partial charge in [0.1, 0.15) is 0 Å². The number of hydrogen-bond donors (Lipinski definition) is 1. The summed E-state index contributed by atoms with van der Waals surface area (Å²) in [6.07, 6.45) is 4.26. The first-order chi connectivity index (χ1) is 5.34. The Morgan fingerprint density at radius 3 is 3.09 bits per heavy atom. The summed E-state index contributed by atoms with van der Waals surface area (Å²) in [4.78, 5) is 0. The van der Waals surface area contributed by atoms with Crippen LogP contribution in [0.2, 0.25) is 0 Å². The molecule has 62 valence electrons. The number of rotatable bonds is 2. The maximum absolute atomic E-state index is 8.37. The van der Waals surface area contributed by atoms with Crippen molar-refractivity contribution in [2.75, 3.05) is 13.2 Å². The van der Waals surface area contributed by atoms with Crippen molar-refractivity contribution >= 4 is 0 Å². The second-order valence-corrected chi connectivity index (χ2v) is 3.02. The lowest BCUT2D eigenvalue weighted by Crippen LogP contribution is -2.35. The van der Waals surface area contributed by atoms with Crippen LogP contribution in [0.3, 0.4) is 0 Å². The zero-order valence-corrected chi connectivity index (χ0v) is 6.84. The minimum Gasteiger partial charge on any atom is -0.381 e. The summed E-state index contributed by atoms with van der Waals surface area (Å²) >= 11 is 0. The van der Waals surface area contributed by atoms with Crippen LogP contribution >= 0.6 is 0 Å². The van der Waals surface area contributed by atoms with E-state index in [0.29, 0.717) is 5.92 Å². The average molecular weight is 154 g/mol. The van der Waals surface area contributed by atoms with Gasteiger partial charge < -0.3 is 10.1 Å². The van der Waals surface area contributed by atoms with E-state index in [0.717, 1.165) is 19.6 Å². The largest absolute Gasteiger partial charge is 0.381 e. The van der Waals surface area contributed by atoms with E-state index in [2.05, 4.69) is 5.32 Å². The fraction of sp³-hybridized carbons (Fsp3) is 0.875. The van der Waals surface area contributed by atoms with Crippen LogP contribution in [0.1, 0.15) is 19.8 Å². The number of nitrogens with one attached hydrogen (secondary N) is 1. The van der Waals surface area contributed by atoms with E-state index in [1.165, 1.54) is 6.42 Å². The second kappa shape index (κ2) is 4.20. The summed E-state index contributed by atoms with van der Waals surface area (Å²) in [5, 5.41) is 11.1. The van der Waals surface area contributed by atoms with Gasteiger partial charge in [0.15, 0.2) is 6.19 Å². The Morgan fingerprint density at radius 2 is 2.55 bits per heavy atom. The molecule has 0 aromatic carbocycles. The zero-order chi connectivity index (χ0) is 8.10. The Morgan fingerprint density at radius 1 is 1.73 bits per heavy atom. The highest BCUT2D eigenvalue weighted by molar-refractivity contribution is 4.80. The summed E-state index contributed by atoms with van der Waals surface area (Å²) in [6.45, 7) is 3.72. The standard InChI is InChI=1S/C8H14N2O/c1-7(10-6-9)8-3-2-4-11-5-8/h7-8,10H,2-5H2,1H3. The molecule has 0 spiro atoms. The van der Waals surface area contributed by atoms with Gasteiger partial charge in [-0.05, 0) is 19.8 Å². The van der Waals surface area contributed by atoms with E-state index in [4.69, 9.17) is 10.00 Å². The molecule has 0 amide bonds. The smallest absolute Gasteiger partial charge is 0.176 e. The predicted molar refractivity (Wildman–Crippen MR) is 41.8 cm³/mol. The summed E-state index contributed by atoms with van der Waals surface area (Å²) < 4.78 is 5.30. The maximum Gasteiger partial charge on any atom is 0.176 e. The van der Waals surface area contributed by atoms with Crippen LogP contribution in [0.15, 0.2) is 0 Å². The van der Waals surface area contributed by atoms with Gasteiger partial charge in [-0.1, -0.05) is 0 Å². The first-order valence-electron chi connectivity index (χ1n) is 4.07.